The number of likely N-dealkylation sites (N-methyl/N-ethyl adjacent to an activating group) is 1. The highest BCUT2D eigenvalue weighted by Gasteiger charge is 2.22. The summed E-state index contributed by atoms with van der Waals surface area (Å²) >= 11 is 0. The molecule has 0 atom stereocenters. The minimum atomic E-state index is 0. The second-order valence-corrected chi connectivity index (χ2v) is 4.78. The summed E-state index contributed by atoms with van der Waals surface area (Å²) in [6.45, 7) is 2.97. The zero-order valence-electron chi connectivity index (χ0n) is 10.9. The van der Waals surface area contributed by atoms with Crippen LogP contribution in [0.4, 0.5) is 0 Å². The molecule has 0 amide bonds. The summed E-state index contributed by atoms with van der Waals surface area (Å²) in [6.07, 6.45) is 0. The molecular weight excluding hydrogens is 262 g/mol. The maximum Gasteiger partial charge on any atom is 0.167 e. The van der Waals surface area contributed by atoms with Gasteiger partial charge in [0.1, 0.15) is 0 Å². The van der Waals surface area contributed by atoms with Crippen LogP contribution in [0.5, 0.6) is 0 Å². The van der Waals surface area contributed by atoms with E-state index in [0.717, 1.165) is 36.7 Å². The predicted molar refractivity (Wildman–Crippen MR) is 77.3 cm³/mol. The van der Waals surface area contributed by atoms with Crippen molar-refractivity contribution in [1.82, 2.24) is 15.4 Å². The Hall–Kier alpha value is -1.36. The molecule has 1 aliphatic heterocycles. The summed E-state index contributed by atoms with van der Waals surface area (Å²) in [5.74, 6) is 0.839. The molecule has 0 saturated carbocycles. The van der Waals surface area contributed by atoms with Gasteiger partial charge in [0, 0.05) is 37.3 Å². The molecule has 0 aliphatic carbocycles. The Kier molecular flexibility index (Phi) is 4.58. The first-order valence-corrected chi connectivity index (χ1v) is 6.25. The molecule has 0 spiro atoms. The standard InChI is InChI=1S/C14H17N3O.ClH/c1-17(13-8-15-9-13)10-12-7-14(18-16-12)11-5-3-2-4-6-11;/h2-7,13,15H,8-10H2,1H3;1H. The van der Waals surface area contributed by atoms with E-state index >= 15 is 0 Å². The average Bonchev–Trinajstić information content (AvgIpc) is 2.76. The molecule has 1 saturated heterocycles. The van der Waals surface area contributed by atoms with Gasteiger partial charge in [0.25, 0.3) is 0 Å². The molecular formula is C14H18ClN3O. The normalized spacial score (nSPS) is 15.1. The molecule has 2 aromatic rings. The van der Waals surface area contributed by atoms with Crippen molar-refractivity contribution in [2.24, 2.45) is 0 Å². The molecule has 102 valence electrons. The fourth-order valence-electron chi connectivity index (χ4n) is 2.09. The molecule has 4 nitrogen and oxygen atoms in total. The highest BCUT2D eigenvalue weighted by Crippen LogP contribution is 2.20. The van der Waals surface area contributed by atoms with Gasteiger partial charge in [-0.15, -0.1) is 12.4 Å². The molecule has 1 fully saturated rings. The molecule has 2 heterocycles. The van der Waals surface area contributed by atoms with Crippen LogP contribution in [0.2, 0.25) is 0 Å². The van der Waals surface area contributed by atoms with Crippen LogP contribution in [-0.4, -0.2) is 36.2 Å². The Morgan fingerprint density at radius 1 is 1.32 bits per heavy atom. The first-order valence-electron chi connectivity index (χ1n) is 6.25. The number of hydrogen-bond donors (Lipinski definition) is 1. The first kappa shape index (κ1) is 14.1. The fourth-order valence-corrected chi connectivity index (χ4v) is 2.09. The Morgan fingerprint density at radius 2 is 2.05 bits per heavy atom. The Balaban J connectivity index is 0.00000133. The number of aromatic nitrogens is 1. The van der Waals surface area contributed by atoms with Crippen molar-refractivity contribution < 1.29 is 4.52 Å². The largest absolute Gasteiger partial charge is 0.356 e. The van der Waals surface area contributed by atoms with Crippen LogP contribution in [0.3, 0.4) is 0 Å². The topological polar surface area (TPSA) is 41.3 Å². The van der Waals surface area contributed by atoms with Gasteiger partial charge in [-0.1, -0.05) is 35.5 Å². The monoisotopic (exact) mass is 279 g/mol. The van der Waals surface area contributed by atoms with Crippen molar-refractivity contribution in [2.45, 2.75) is 12.6 Å². The van der Waals surface area contributed by atoms with Gasteiger partial charge in [-0.3, -0.25) is 4.90 Å². The van der Waals surface area contributed by atoms with Gasteiger partial charge < -0.3 is 9.84 Å². The molecule has 0 radical (unpaired) electrons. The molecule has 5 heteroatoms. The van der Waals surface area contributed by atoms with E-state index in [4.69, 9.17) is 4.52 Å². The first-order chi connectivity index (χ1) is 8.83. The van der Waals surface area contributed by atoms with Crippen LogP contribution >= 0.6 is 12.4 Å². The summed E-state index contributed by atoms with van der Waals surface area (Å²) in [7, 11) is 2.13. The van der Waals surface area contributed by atoms with E-state index in [1.54, 1.807) is 0 Å². The second-order valence-electron chi connectivity index (χ2n) is 4.78. The number of rotatable bonds is 4. The summed E-state index contributed by atoms with van der Waals surface area (Å²) in [4.78, 5) is 2.31. The SMILES string of the molecule is CN(Cc1cc(-c2ccccc2)on1)C1CNC1.Cl. The number of halogens is 1. The Bertz CT molecular complexity index is 510. The highest BCUT2D eigenvalue weighted by molar-refractivity contribution is 5.85. The minimum Gasteiger partial charge on any atom is -0.356 e. The van der Waals surface area contributed by atoms with E-state index in [2.05, 4.69) is 22.4 Å². The minimum absolute atomic E-state index is 0. The molecule has 0 bridgehead atoms. The van der Waals surface area contributed by atoms with E-state index in [9.17, 15) is 0 Å². The van der Waals surface area contributed by atoms with Crippen molar-refractivity contribution in [2.75, 3.05) is 20.1 Å². The molecule has 3 rings (SSSR count). The maximum absolute atomic E-state index is 5.39. The lowest BCUT2D eigenvalue weighted by molar-refractivity contribution is 0.169. The van der Waals surface area contributed by atoms with Gasteiger partial charge >= 0.3 is 0 Å². The van der Waals surface area contributed by atoms with Crippen LogP contribution in [0, 0.1) is 0 Å². The predicted octanol–water partition coefficient (Wildman–Crippen LogP) is 2.17. The lowest BCUT2D eigenvalue weighted by atomic mass is 10.1. The van der Waals surface area contributed by atoms with E-state index in [1.165, 1.54) is 0 Å². The van der Waals surface area contributed by atoms with E-state index in [1.807, 2.05) is 36.4 Å². The van der Waals surface area contributed by atoms with Crippen LogP contribution in [0.1, 0.15) is 5.69 Å². The molecule has 0 unspecified atom stereocenters. The van der Waals surface area contributed by atoms with E-state index in [-0.39, 0.29) is 12.4 Å². The lowest BCUT2D eigenvalue weighted by Gasteiger charge is -2.35. The number of hydrogen-bond acceptors (Lipinski definition) is 4. The summed E-state index contributed by atoms with van der Waals surface area (Å²) in [5.41, 5.74) is 2.06. The van der Waals surface area contributed by atoms with Gasteiger partial charge in [-0.25, -0.2) is 0 Å². The van der Waals surface area contributed by atoms with Crippen LogP contribution in [0.15, 0.2) is 40.9 Å². The van der Waals surface area contributed by atoms with Crippen molar-refractivity contribution in [3.8, 4) is 11.3 Å². The van der Waals surface area contributed by atoms with Crippen molar-refractivity contribution >= 4 is 12.4 Å². The number of benzene rings is 1. The zero-order valence-corrected chi connectivity index (χ0v) is 11.7. The van der Waals surface area contributed by atoms with E-state index in [0.29, 0.717) is 6.04 Å². The Morgan fingerprint density at radius 3 is 2.68 bits per heavy atom. The summed E-state index contributed by atoms with van der Waals surface area (Å²) in [6, 6.07) is 12.7. The van der Waals surface area contributed by atoms with E-state index < -0.39 is 0 Å². The van der Waals surface area contributed by atoms with Crippen LogP contribution in [0.25, 0.3) is 11.3 Å². The van der Waals surface area contributed by atoms with Gasteiger partial charge in [-0.05, 0) is 7.05 Å². The van der Waals surface area contributed by atoms with Crippen LogP contribution < -0.4 is 5.32 Å². The molecule has 1 N–H and O–H groups in total. The molecule has 1 aliphatic rings. The maximum atomic E-state index is 5.39. The number of nitrogens with zero attached hydrogens (tertiary/aromatic N) is 2. The van der Waals surface area contributed by atoms with Crippen LogP contribution in [-0.2, 0) is 6.54 Å². The van der Waals surface area contributed by atoms with Crippen molar-refractivity contribution in [1.29, 1.82) is 0 Å². The molecule has 19 heavy (non-hydrogen) atoms. The zero-order chi connectivity index (χ0) is 12.4. The highest BCUT2D eigenvalue weighted by atomic mass is 35.5. The quantitative estimate of drug-likeness (QED) is 0.931. The fraction of sp³-hybridized carbons (Fsp3) is 0.357. The third-order valence-corrected chi connectivity index (χ3v) is 3.41. The summed E-state index contributed by atoms with van der Waals surface area (Å²) < 4.78 is 5.39. The smallest absolute Gasteiger partial charge is 0.167 e. The third kappa shape index (κ3) is 3.15. The van der Waals surface area contributed by atoms with Gasteiger partial charge in [-0.2, -0.15) is 0 Å². The third-order valence-electron chi connectivity index (χ3n) is 3.41. The molecule has 1 aromatic heterocycles. The average molecular weight is 280 g/mol. The van der Waals surface area contributed by atoms with Gasteiger partial charge in [0.05, 0.1) is 5.69 Å². The Labute approximate surface area is 119 Å². The van der Waals surface area contributed by atoms with Crippen molar-refractivity contribution in [3.05, 3.63) is 42.1 Å². The van der Waals surface area contributed by atoms with Gasteiger partial charge in [0.15, 0.2) is 5.76 Å². The summed E-state index contributed by atoms with van der Waals surface area (Å²) in [5, 5.41) is 7.41. The molecule has 1 aromatic carbocycles. The van der Waals surface area contributed by atoms with Gasteiger partial charge in [0.2, 0.25) is 0 Å². The van der Waals surface area contributed by atoms with Crippen molar-refractivity contribution in [3.63, 3.8) is 0 Å². The number of nitrogens with one attached hydrogen (secondary N) is 1. The lowest BCUT2D eigenvalue weighted by Crippen LogP contribution is -2.55. The second kappa shape index (κ2) is 6.19.